The third-order valence-electron chi connectivity index (χ3n) is 6.21. The van der Waals surface area contributed by atoms with Gasteiger partial charge in [0.2, 0.25) is 0 Å². The van der Waals surface area contributed by atoms with Crippen molar-refractivity contribution in [3.05, 3.63) is 70.8 Å². The molecule has 1 amide bonds. The molecule has 30 heavy (non-hydrogen) atoms. The Hall–Kier alpha value is -2.38. The maximum absolute atomic E-state index is 12.9. The van der Waals surface area contributed by atoms with Gasteiger partial charge in [-0.15, -0.1) is 0 Å². The van der Waals surface area contributed by atoms with Crippen molar-refractivity contribution in [1.82, 2.24) is 4.90 Å². The minimum Gasteiger partial charge on any atom is -0.375 e. The Kier molecular flexibility index (Phi) is 5.59. The SMILES string of the molecule is COC1(c2ccc(C(=O)N3CCC(c4ccc(C(F)(F)F)cc4)CC3)cc2)COC1. The molecule has 0 saturated carbocycles. The van der Waals surface area contributed by atoms with E-state index in [0.717, 1.165) is 36.1 Å². The van der Waals surface area contributed by atoms with Crippen LogP contribution >= 0.6 is 0 Å². The molecular formula is C23H24F3NO3. The Morgan fingerprint density at radius 3 is 2.10 bits per heavy atom. The van der Waals surface area contributed by atoms with Crippen LogP contribution in [-0.4, -0.2) is 44.2 Å². The first kappa shape index (κ1) is 20.9. The van der Waals surface area contributed by atoms with Crippen LogP contribution in [0, 0.1) is 0 Å². The molecule has 7 heteroatoms. The summed E-state index contributed by atoms with van der Waals surface area (Å²) in [5.41, 5.74) is 1.46. The maximum Gasteiger partial charge on any atom is 0.416 e. The van der Waals surface area contributed by atoms with Crippen LogP contribution in [0.2, 0.25) is 0 Å². The number of likely N-dealkylation sites (tertiary alicyclic amines) is 1. The van der Waals surface area contributed by atoms with Gasteiger partial charge in [-0.05, 0) is 54.2 Å². The molecule has 2 aliphatic rings. The molecule has 2 aliphatic heterocycles. The number of alkyl halides is 3. The number of amides is 1. The highest BCUT2D eigenvalue weighted by Crippen LogP contribution is 2.34. The van der Waals surface area contributed by atoms with Crippen LogP contribution < -0.4 is 0 Å². The van der Waals surface area contributed by atoms with E-state index in [-0.39, 0.29) is 11.8 Å². The normalized spacial score (nSPS) is 19.4. The van der Waals surface area contributed by atoms with E-state index in [2.05, 4.69) is 0 Å². The monoisotopic (exact) mass is 419 g/mol. The smallest absolute Gasteiger partial charge is 0.375 e. The van der Waals surface area contributed by atoms with Crippen molar-refractivity contribution in [3.63, 3.8) is 0 Å². The fourth-order valence-corrected chi connectivity index (χ4v) is 4.15. The van der Waals surface area contributed by atoms with E-state index in [1.165, 1.54) is 0 Å². The van der Waals surface area contributed by atoms with Crippen molar-refractivity contribution >= 4 is 5.91 Å². The maximum atomic E-state index is 12.9. The molecule has 160 valence electrons. The summed E-state index contributed by atoms with van der Waals surface area (Å²) in [6, 6.07) is 12.8. The molecule has 2 aromatic carbocycles. The molecule has 2 heterocycles. The molecular weight excluding hydrogens is 395 g/mol. The standard InChI is InChI=1S/C23H24F3NO3/c1-29-22(14-30-15-22)19-6-4-18(5-7-19)21(28)27-12-10-17(11-13-27)16-2-8-20(9-3-16)23(24,25)26/h2-9,17H,10-15H2,1H3. The van der Waals surface area contributed by atoms with Crippen molar-refractivity contribution in [1.29, 1.82) is 0 Å². The lowest BCUT2D eigenvalue weighted by molar-refractivity contribution is -0.202. The van der Waals surface area contributed by atoms with Gasteiger partial charge >= 0.3 is 6.18 Å². The van der Waals surface area contributed by atoms with E-state index in [1.807, 2.05) is 29.2 Å². The van der Waals surface area contributed by atoms with Crippen LogP contribution in [0.5, 0.6) is 0 Å². The average Bonchev–Trinajstić information content (AvgIpc) is 2.73. The Bertz CT molecular complexity index is 876. The molecule has 0 aliphatic carbocycles. The zero-order chi connectivity index (χ0) is 21.4. The number of ether oxygens (including phenoxy) is 2. The molecule has 0 aromatic heterocycles. The predicted molar refractivity (Wildman–Crippen MR) is 105 cm³/mol. The first-order chi connectivity index (χ1) is 14.3. The molecule has 0 radical (unpaired) electrons. The molecule has 0 spiro atoms. The molecule has 0 bridgehead atoms. The summed E-state index contributed by atoms with van der Waals surface area (Å²) in [5.74, 6) is 0.141. The minimum atomic E-state index is -4.32. The molecule has 0 unspecified atom stereocenters. The van der Waals surface area contributed by atoms with Gasteiger partial charge in [-0.2, -0.15) is 13.2 Å². The lowest BCUT2D eigenvalue weighted by Crippen LogP contribution is -2.48. The molecule has 2 saturated heterocycles. The average molecular weight is 419 g/mol. The largest absolute Gasteiger partial charge is 0.416 e. The molecule has 2 aromatic rings. The summed E-state index contributed by atoms with van der Waals surface area (Å²) in [5, 5.41) is 0. The quantitative estimate of drug-likeness (QED) is 0.727. The van der Waals surface area contributed by atoms with E-state index >= 15 is 0 Å². The van der Waals surface area contributed by atoms with E-state index in [4.69, 9.17) is 9.47 Å². The van der Waals surface area contributed by atoms with Gasteiger partial charge in [0.1, 0.15) is 5.60 Å². The van der Waals surface area contributed by atoms with Crippen molar-refractivity contribution in [2.45, 2.75) is 30.5 Å². The second-order valence-electron chi connectivity index (χ2n) is 7.95. The summed E-state index contributed by atoms with van der Waals surface area (Å²) in [7, 11) is 1.66. The van der Waals surface area contributed by atoms with Gasteiger partial charge in [0.25, 0.3) is 5.91 Å². The van der Waals surface area contributed by atoms with Crippen LogP contribution in [0.25, 0.3) is 0 Å². The number of hydrogen-bond donors (Lipinski definition) is 0. The lowest BCUT2D eigenvalue weighted by Gasteiger charge is -2.40. The Morgan fingerprint density at radius 1 is 1.03 bits per heavy atom. The van der Waals surface area contributed by atoms with E-state index in [0.29, 0.717) is 31.9 Å². The lowest BCUT2D eigenvalue weighted by atomic mass is 9.88. The Morgan fingerprint density at radius 2 is 1.63 bits per heavy atom. The van der Waals surface area contributed by atoms with Crippen molar-refractivity contribution in [2.75, 3.05) is 33.4 Å². The molecule has 0 N–H and O–H groups in total. The molecule has 4 rings (SSSR count). The predicted octanol–water partition coefficient (Wildman–Crippen LogP) is 4.60. The highest BCUT2D eigenvalue weighted by molar-refractivity contribution is 5.94. The van der Waals surface area contributed by atoms with Gasteiger partial charge in [0.05, 0.1) is 18.8 Å². The van der Waals surface area contributed by atoms with Crippen LogP contribution in [0.15, 0.2) is 48.5 Å². The van der Waals surface area contributed by atoms with Gasteiger partial charge in [0.15, 0.2) is 0 Å². The number of carbonyl (C=O) groups is 1. The second kappa shape index (κ2) is 8.04. The van der Waals surface area contributed by atoms with E-state index in [1.54, 1.807) is 19.2 Å². The fourth-order valence-electron chi connectivity index (χ4n) is 4.15. The highest BCUT2D eigenvalue weighted by atomic mass is 19.4. The first-order valence-electron chi connectivity index (χ1n) is 10.0. The summed E-state index contributed by atoms with van der Waals surface area (Å²) in [6.07, 6.45) is -2.85. The fraction of sp³-hybridized carbons (Fsp3) is 0.435. The van der Waals surface area contributed by atoms with Gasteiger partial charge in [-0.1, -0.05) is 24.3 Å². The van der Waals surface area contributed by atoms with Gasteiger partial charge in [0, 0.05) is 25.8 Å². The number of methoxy groups -OCH3 is 1. The number of rotatable bonds is 4. The third-order valence-corrected chi connectivity index (χ3v) is 6.21. The zero-order valence-electron chi connectivity index (χ0n) is 16.7. The summed E-state index contributed by atoms with van der Waals surface area (Å²) >= 11 is 0. The number of carbonyl (C=O) groups excluding carboxylic acids is 1. The van der Waals surface area contributed by atoms with Gasteiger partial charge in [-0.25, -0.2) is 0 Å². The van der Waals surface area contributed by atoms with Gasteiger partial charge < -0.3 is 14.4 Å². The number of piperidine rings is 1. The van der Waals surface area contributed by atoms with Crippen molar-refractivity contribution in [3.8, 4) is 0 Å². The van der Waals surface area contributed by atoms with E-state index in [9.17, 15) is 18.0 Å². The van der Waals surface area contributed by atoms with Crippen LogP contribution in [0.3, 0.4) is 0 Å². The van der Waals surface area contributed by atoms with E-state index < -0.39 is 17.3 Å². The summed E-state index contributed by atoms with van der Waals surface area (Å²) < 4.78 is 49.1. The summed E-state index contributed by atoms with van der Waals surface area (Å²) in [4.78, 5) is 14.7. The van der Waals surface area contributed by atoms with Crippen LogP contribution in [-0.2, 0) is 21.3 Å². The van der Waals surface area contributed by atoms with Crippen molar-refractivity contribution < 1.29 is 27.4 Å². The highest BCUT2D eigenvalue weighted by Gasteiger charge is 2.40. The van der Waals surface area contributed by atoms with Crippen molar-refractivity contribution in [2.24, 2.45) is 0 Å². The number of hydrogen-bond acceptors (Lipinski definition) is 3. The zero-order valence-corrected chi connectivity index (χ0v) is 16.7. The van der Waals surface area contributed by atoms with Crippen LogP contribution in [0.1, 0.15) is 45.8 Å². The van der Waals surface area contributed by atoms with Gasteiger partial charge in [-0.3, -0.25) is 4.79 Å². The number of nitrogens with zero attached hydrogens (tertiary/aromatic N) is 1. The number of benzene rings is 2. The first-order valence-corrected chi connectivity index (χ1v) is 10.0. The van der Waals surface area contributed by atoms with Crippen LogP contribution in [0.4, 0.5) is 13.2 Å². The molecule has 2 fully saturated rings. The minimum absolute atomic E-state index is 0.0243. The molecule has 0 atom stereocenters. The molecule has 4 nitrogen and oxygen atoms in total. The summed E-state index contributed by atoms with van der Waals surface area (Å²) in [6.45, 7) is 2.19. The third kappa shape index (κ3) is 3.96. The Balaban J connectivity index is 1.36. The topological polar surface area (TPSA) is 38.8 Å². The Labute approximate surface area is 173 Å². The second-order valence-corrected chi connectivity index (χ2v) is 7.95. The number of halogens is 3.